The third kappa shape index (κ3) is 4.60. The highest BCUT2D eigenvalue weighted by molar-refractivity contribution is 6.07. The minimum atomic E-state index is -0.610. The number of carbonyl (C=O) groups excluding carboxylic acids is 2. The lowest BCUT2D eigenvalue weighted by Crippen LogP contribution is -2.41. The smallest absolute Gasteiger partial charge is 0.231 e. The van der Waals surface area contributed by atoms with Gasteiger partial charge >= 0.3 is 0 Å². The van der Waals surface area contributed by atoms with Crippen LogP contribution < -0.4 is 10.6 Å². The van der Waals surface area contributed by atoms with Gasteiger partial charge in [-0.2, -0.15) is 0 Å². The largest absolute Gasteiger partial charge is 0.384 e. The standard InChI is InChI=1S/C22H24N2O2/c1-16-12-19(23-14-17-8-4-2-5-9-17)13-20(25)21(16)22(26)24-15-18-10-6-3-7-11-18/h2-11,13,16,21,23H,12,14-15H2,1H3,(H,24,26)/t16-,21+/m1/s1. The maximum absolute atomic E-state index is 12.5. The summed E-state index contributed by atoms with van der Waals surface area (Å²) in [4.78, 5) is 25.0. The summed E-state index contributed by atoms with van der Waals surface area (Å²) in [6.45, 7) is 3.08. The van der Waals surface area contributed by atoms with Crippen LogP contribution in [0.3, 0.4) is 0 Å². The normalized spacial score (nSPS) is 19.6. The summed E-state index contributed by atoms with van der Waals surface area (Å²) in [5, 5.41) is 6.22. The van der Waals surface area contributed by atoms with Crippen LogP contribution in [0.15, 0.2) is 72.4 Å². The van der Waals surface area contributed by atoms with Gasteiger partial charge in [0.1, 0.15) is 5.92 Å². The van der Waals surface area contributed by atoms with Gasteiger partial charge in [0.05, 0.1) is 0 Å². The molecule has 3 rings (SSSR count). The van der Waals surface area contributed by atoms with Crippen LogP contribution in [0.25, 0.3) is 0 Å². The van der Waals surface area contributed by atoms with Crippen molar-refractivity contribution in [1.82, 2.24) is 10.6 Å². The number of amides is 1. The molecule has 4 heteroatoms. The molecule has 1 aliphatic rings. The van der Waals surface area contributed by atoms with Crippen LogP contribution in [-0.4, -0.2) is 11.7 Å². The molecule has 1 amide bonds. The van der Waals surface area contributed by atoms with Crippen molar-refractivity contribution in [3.05, 3.63) is 83.6 Å². The highest BCUT2D eigenvalue weighted by Gasteiger charge is 2.34. The van der Waals surface area contributed by atoms with Crippen molar-refractivity contribution in [2.45, 2.75) is 26.4 Å². The van der Waals surface area contributed by atoms with Crippen molar-refractivity contribution in [1.29, 1.82) is 0 Å². The third-order valence-corrected chi connectivity index (χ3v) is 4.69. The molecule has 1 aliphatic carbocycles. The van der Waals surface area contributed by atoms with E-state index >= 15 is 0 Å². The minimum absolute atomic E-state index is 0.0263. The lowest BCUT2D eigenvalue weighted by molar-refractivity contribution is -0.134. The van der Waals surface area contributed by atoms with Crippen LogP contribution in [0.1, 0.15) is 24.5 Å². The zero-order valence-corrected chi connectivity index (χ0v) is 14.9. The Balaban J connectivity index is 1.57. The summed E-state index contributed by atoms with van der Waals surface area (Å²) in [7, 11) is 0. The van der Waals surface area contributed by atoms with Crippen molar-refractivity contribution in [2.24, 2.45) is 11.8 Å². The Morgan fingerprint density at radius 3 is 2.12 bits per heavy atom. The van der Waals surface area contributed by atoms with Crippen LogP contribution in [-0.2, 0) is 22.7 Å². The zero-order chi connectivity index (χ0) is 18.4. The molecule has 134 valence electrons. The molecular weight excluding hydrogens is 324 g/mol. The average molecular weight is 348 g/mol. The Labute approximate surface area is 154 Å². The van der Waals surface area contributed by atoms with E-state index in [0.29, 0.717) is 19.5 Å². The monoisotopic (exact) mass is 348 g/mol. The summed E-state index contributed by atoms with van der Waals surface area (Å²) in [6, 6.07) is 19.8. The van der Waals surface area contributed by atoms with Gasteiger partial charge in [-0.05, 0) is 23.5 Å². The van der Waals surface area contributed by atoms with Gasteiger partial charge in [-0.15, -0.1) is 0 Å². The molecule has 0 spiro atoms. The average Bonchev–Trinajstić information content (AvgIpc) is 2.66. The second-order valence-corrected chi connectivity index (χ2v) is 6.77. The van der Waals surface area contributed by atoms with Crippen molar-refractivity contribution in [3.8, 4) is 0 Å². The molecule has 0 aliphatic heterocycles. The second-order valence-electron chi connectivity index (χ2n) is 6.77. The summed E-state index contributed by atoms with van der Waals surface area (Å²) in [5.74, 6) is -0.947. The first-order chi connectivity index (χ1) is 12.6. The molecule has 0 unspecified atom stereocenters. The van der Waals surface area contributed by atoms with E-state index in [1.807, 2.05) is 67.6 Å². The Kier molecular flexibility index (Phi) is 5.84. The Bertz CT molecular complexity index is 784. The van der Waals surface area contributed by atoms with Crippen LogP contribution in [0.5, 0.6) is 0 Å². The molecule has 2 aromatic carbocycles. The molecule has 4 nitrogen and oxygen atoms in total. The number of ketones is 1. The van der Waals surface area contributed by atoms with Crippen molar-refractivity contribution in [3.63, 3.8) is 0 Å². The Morgan fingerprint density at radius 2 is 1.54 bits per heavy atom. The Morgan fingerprint density at radius 1 is 0.962 bits per heavy atom. The lowest BCUT2D eigenvalue weighted by Gasteiger charge is -2.27. The van der Waals surface area contributed by atoms with Crippen molar-refractivity contribution >= 4 is 11.7 Å². The van der Waals surface area contributed by atoms with Gasteiger partial charge in [0.2, 0.25) is 5.91 Å². The number of allylic oxidation sites excluding steroid dienone is 2. The van der Waals surface area contributed by atoms with Gasteiger partial charge in [0, 0.05) is 24.9 Å². The van der Waals surface area contributed by atoms with Gasteiger partial charge in [-0.1, -0.05) is 67.6 Å². The first-order valence-electron chi connectivity index (χ1n) is 8.97. The lowest BCUT2D eigenvalue weighted by atomic mass is 9.81. The van der Waals surface area contributed by atoms with E-state index in [1.54, 1.807) is 6.08 Å². The van der Waals surface area contributed by atoms with Crippen LogP contribution in [0.2, 0.25) is 0 Å². The van der Waals surface area contributed by atoms with E-state index in [1.165, 1.54) is 0 Å². The van der Waals surface area contributed by atoms with E-state index in [4.69, 9.17) is 0 Å². The third-order valence-electron chi connectivity index (χ3n) is 4.69. The molecule has 26 heavy (non-hydrogen) atoms. The number of rotatable bonds is 6. The molecule has 0 saturated heterocycles. The fraction of sp³-hybridized carbons (Fsp3) is 0.273. The molecule has 2 atom stereocenters. The molecular formula is C22H24N2O2. The highest BCUT2D eigenvalue weighted by atomic mass is 16.2. The van der Waals surface area contributed by atoms with Gasteiger partial charge in [0.25, 0.3) is 0 Å². The molecule has 0 bridgehead atoms. The topological polar surface area (TPSA) is 58.2 Å². The molecule has 0 radical (unpaired) electrons. The number of nitrogens with one attached hydrogen (secondary N) is 2. The molecule has 0 heterocycles. The van der Waals surface area contributed by atoms with Gasteiger partial charge in [-0.3, -0.25) is 9.59 Å². The van der Waals surface area contributed by atoms with Crippen LogP contribution in [0.4, 0.5) is 0 Å². The summed E-state index contributed by atoms with van der Waals surface area (Å²) in [6.07, 6.45) is 2.29. The van der Waals surface area contributed by atoms with E-state index in [2.05, 4.69) is 10.6 Å². The Hall–Kier alpha value is -2.88. The number of hydrogen-bond acceptors (Lipinski definition) is 3. The van der Waals surface area contributed by atoms with E-state index in [9.17, 15) is 9.59 Å². The molecule has 0 aromatic heterocycles. The highest BCUT2D eigenvalue weighted by Crippen LogP contribution is 2.26. The van der Waals surface area contributed by atoms with Gasteiger partial charge in [-0.25, -0.2) is 0 Å². The zero-order valence-electron chi connectivity index (χ0n) is 14.9. The predicted molar refractivity (Wildman–Crippen MR) is 102 cm³/mol. The van der Waals surface area contributed by atoms with Crippen molar-refractivity contribution < 1.29 is 9.59 Å². The maximum atomic E-state index is 12.5. The predicted octanol–water partition coefficient (Wildman–Crippen LogP) is 3.20. The molecule has 2 N–H and O–H groups in total. The number of benzene rings is 2. The second kappa shape index (κ2) is 8.48. The first-order valence-corrected chi connectivity index (χ1v) is 8.97. The molecule has 2 aromatic rings. The number of carbonyl (C=O) groups is 2. The quantitative estimate of drug-likeness (QED) is 0.788. The fourth-order valence-electron chi connectivity index (χ4n) is 3.28. The van der Waals surface area contributed by atoms with Gasteiger partial charge < -0.3 is 10.6 Å². The summed E-state index contributed by atoms with van der Waals surface area (Å²) in [5.41, 5.74) is 3.09. The first kappa shape index (κ1) is 17.9. The minimum Gasteiger partial charge on any atom is -0.384 e. The summed E-state index contributed by atoms with van der Waals surface area (Å²) < 4.78 is 0. The van der Waals surface area contributed by atoms with Crippen molar-refractivity contribution in [2.75, 3.05) is 0 Å². The van der Waals surface area contributed by atoms with Crippen LogP contribution in [0, 0.1) is 11.8 Å². The molecule has 0 saturated carbocycles. The summed E-state index contributed by atoms with van der Waals surface area (Å²) >= 11 is 0. The van der Waals surface area contributed by atoms with E-state index in [-0.39, 0.29) is 17.6 Å². The molecule has 0 fully saturated rings. The maximum Gasteiger partial charge on any atom is 0.231 e. The van der Waals surface area contributed by atoms with Gasteiger partial charge in [0.15, 0.2) is 5.78 Å². The van der Waals surface area contributed by atoms with Crippen LogP contribution >= 0.6 is 0 Å². The SMILES string of the molecule is C[C@@H]1CC(NCc2ccccc2)=CC(=O)[C@H]1C(=O)NCc1ccccc1. The number of hydrogen-bond donors (Lipinski definition) is 2. The fourth-order valence-corrected chi connectivity index (χ4v) is 3.28. The van der Waals surface area contributed by atoms with E-state index < -0.39 is 5.92 Å². The van der Waals surface area contributed by atoms with E-state index in [0.717, 1.165) is 16.8 Å².